The highest BCUT2D eigenvalue weighted by atomic mass is 16.5. The molecule has 7 heteroatoms. The first-order valence-electron chi connectivity index (χ1n) is 7.84. The third-order valence-corrected chi connectivity index (χ3v) is 3.94. The van der Waals surface area contributed by atoms with Gasteiger partial charge in [0.15, 0.2) is 5.82 Å². The number of nitrogens with zero attached hydrogens (tertiary/aromatic N) is 3. The highest BCUT2D eigenvalue weighted by molar-refractivity contribution is 5.74. The Morgan fingerprint density at radius 3 is 3.00 bits per heavy atom. The number of rotatable bonds is 5. The molecule has 2 amide bonds. The highest BCUT2D eigenvalue weighted by Gasteiger charge is 2.23. The number of hydrogen-bond donors (Lipinski definition) is 2. The number of nitrogens with one attached hydrogen (secondary N) is 2. The van der Waals surface area contributed by atoms with Gasteiger partial charge in [-0.3, -0.25) is 4.57 Å². The molecule has 1 aliphatic rings. The first-order valence-corrected chi connectivity index (χ1v) is 7.84. The van der Waals surface area contributed by atoms with Crippen molar-refractivity contribution in [1.29, 1.82) is 0 Å². The Labute approximate surface area is 135 Å². The van der Waals surface area contributed by atoms with Crippen molar-refractivity contribution >= 4 is 6.03 Å². The van der Waals surface area contributed by atoms with Gasteiger partial charge in [-0.25, -0.2) is 4.79 Å². The second-order valence-electron chi connectivity index (χ2n) is 5.62. The molecule has 1 aromatic carbocycles. The molecule has 0 aliphatic carbocycles. The standard InChI is InChI=1S/C16H21N5O2/c1-12(14-8-5-9-23-14)19-16(22)17-10-15-20-18-11-21(15)13-6-3-2-4-7-13/h2-4,6-7,11-12,14H,5,8-10H2,1H3,(H2,17,19,22)/t12-,14-/m0/s1. The van der Waals surface area contributed by atoms with Gasteiger partial charge in [-0.05, 0) is 31.9 Å². The van der Waals surface area contributed by atoms with Crippen LogP contribution in [0.3, 0.4) is 0 Å². The molecule has 1 aromatic heterocycles. The van der Waals surface area contributed by atoms with Crippen LogP contribution >= 0.6 is 0 Å². The summed E-state index contributed by atoms with van der Waals surface area (Å²) in [4.78, 5) is 12.0. The third-order valence-electron chi connectivity index (χ3n) is 3.94. The summed E-state index contributed by atoms with van der Waals surface area (Å²) in [6, 6.07) is 9.54. The van der Waals surface area contributed by atoms with Gasteiger partial charge in [0.05, 0.1) is 18.7 Å². The lowest BCUT2D eigenvalue weighted by Gasteiger charge is -2.20. The summed E-state index contributed by atoms with van der Waals surface area (Å²) >= 11 is 0. The van der Waals surface area contributed by atoms with E-state index < -0.39 is 0 Å². The molecule has 0 radical (unpaired) electrons. The molecule has 0 saturated carbocycles. The van der Waals surface area contributed by atoms with Gasteiger partial charge in [-0.2, -0.15) is 0 Å². The van der Waals surface area contributed by atoms with Crippen LogP contribution in [0.1, 0.15) is 25.6 Å². The maximum absolute atomic E-state index is 12.0. The summed E-state index contributed by atoms with van der Waals surface area (Å²) in [6.07, 6.45) is 3.79. The fraction of sp³-hybridized carbons (Fsp3) is 0.438. The fourth-order valence-corrected chi connectivity index (χ4v) is 2.69. The Bertz CT molecular complexity index is 637. The number of benzene rings is 1. The van der Waals surface area contributed by atoms with Crippen molar-refractivity contribution in [2.75, 3.05) is 6.61 Å². The topological polar surface area (TPSA) is 81.1 Å². The number of aromatic nitrogens is 3. The fourth-order valence-electron chi connectivity index (χ4n) is 2.69. The first kappa shape index (κ1) is 15.5. The van der Waals surface area contributed by atoms with Gasteiger partial charge in [0.1, 0.15) is 6.33 Å². The van der Waals surface area contributed by atoms with E-state index in [4.69, 9.17) is 4.74 Å². The first-order chi connectivity index (χ1) is 11.2. The lowest BCUT2D eigenvalue weighted by molar-refractivity contribution is 0.0860. The number of para-hydroxylation sites is 1. The molecular formula is C16H21N5O2. The van der Waals surface area contributed by atoms with Crippen LogP contribution in [0.25, 0.3) is 5.69 Å². The van der Waals surface area contributed by atoms with E-state index in [2.05, 4.69) is 20.8 Å². The van der Waals surface area contributed by atoms with Crippen LogP contribution in [0.15, 0.2) is 36.7 Å². The molecule has 0 unspecified atom stereocenters. The van der Waals surface area contributed by atoms with Gasteiger partial charge in [-0.1, -0.05) is 18.2 Å². The number of carbonyl (C=O) groups excluding carboxylic acids is 1. The minimum absolute atomic E-state index is 0.00973. The van der Waals surface area contributed by atoms with E-state index in [1.807, 2.05) is 41.8 Å². The quantitative estimate of drug-likeness (QED) is 0.879. The van der Waals surface area contributed by atoms with E-state index in [9.17, 15) is 4.79 Å². The minimum atomic E-state index is -0.226. The predicted molar refractivity (Wildman–Crippen MR) is 85.2 cm³/mol. The molecule has 3 rings (SSSR count). The van der Waals surface area contributed by atoms with Gasteiger partial charge >= 0.3 is 6.03 Å². The molecule has 122 valence electrons. The predicted octanol–water partition coefficient (Wildman–Crippen LogP) is 1.63. The van der Waals surface area contributed by atoms with E-state index in [-0.39, 0.29) is 18.2 Å². The Morgan fingerprint density at radius 2 is 2.26 bits per heavy atom. The van der Waals surface area contributed by atoms with Crippen LogP contribution in [-0.4, -0.2) is 39.5 Å². The van der Waals surface area contributed by atoms with Crippen LogP contribution in [0.2, 0.25) is 0 Å². The van der Waals surface area contributed by atoms with Crippen molar-refractivity contribution in [2.45, 2.75) is 38.5 Å². The summed E-state index contributed by atoms with van der Waals surface area (Å²) in [5.74, 6) is 0.677. The van der Waals surface area contributed by atoms with Crippen molar-refractivity contribution in [2.24, 2.45) is 0 Å². The maximum Gasteiger partial charge on any atom is 0.315 e. The van der Waals surface area contributed by atoms with Gasteiger partial charge in [-0.15, -0.1) is 10.2 Å². The molecule has 2 N–H and O–H groups in total. The van der Waals surface area contributed by atoms with Gasteiger partial charge in [0, 0.05) is 12.3 Å². The lowest BCUT2D eigenvalue weighted by Crippen LogP contribution is -2.45. The molecule has 7 nitrogen and oxygen atoms in total. The van der Waals surface area contributed by atoms with E-state index in [0.717, 1.165) is 25.1 Å². The summed E-state index contributed by atoms with van der Waals surface area (Å²) in [5.41, 5.74) is 0.961. The van der Waals surface area contributed by atoms with Crippen LogP contribution in [0.5, 0.6) is 0 Å². The summed E-state index contributed by atoms with van der Waals surface area (Å²) < 4.78 is 7.42. The summed E-state index contributed by atoms with van der Waals surface area (Å²) in [7, 11) is 0. The molecule has 1 aliphatic heterocycles. The average molecular weight is 315 g/mol. The number of hydrogen-bond acceptors (Lipinski definition) is 4. The zero-order valence-electron chi connectivity index (χ0n) is 13.1. The molecule has 2 atom stereocenters. The maximum atomic E-state index is 12.0. The molecule has 2 heterocycles. The Balaban J connectivity index is 1.54. The van der Waals surface area contributed by atoms with E-state index in [1.54, 1.807) is 6.33 Å². The van der Waals surface area contributed by atoms with Crippen LogP contribution < -0.4 is 10.6 Å². The number of amides is 2. The van der Waals surface area contributed by atoms with Crippen molar-refractivity contribution in [3.05, 3.63) is 42.5 Å². The summed E-state index contributed by atoms with van der Waals surface area (Å²) in [6.45, 7) is 3.04. The average Bonchev–Trinajstić information content (AvgIpc) is 3.25. The Morgan fingerprint density at radius 1 is 1.43 bits per heavy atom. The van der Waals surface area contributed by atoms with Crippen LogP contribution in [0, 0.1) is 0 Å². The van der Waals surface area contributed by atoms with Crippen LogP contribution in [-0.2, 0) is 11.3 Å². The normalized spacial score (nSPS) is 18.6. The number of ether oxygens (including phenoxy) is 1. The van der Waals surface area contributed by atoms with Gasteiger partial charge in [0.2, 0.25) is 0 Å². The molecule has 1 fully saturated rings. The second-order valence-corrected chi connectivity index (χ2v) is 5.62. The molecule has 23 heavy (non-hydrogen) atoms. The second kappa shape index (κ2) is 7.23. The zero-order valence-corrected chi connectivity index (χ0v) is 13.1. The monoisotopic (exact) mass is 315 g/mol. The lowest BCUT2D eigenvalue weighted by atomic mass is 10.1. The zero-order chi connectivity index (χ0) is 16.1. The van der Waals surface area contributed by atoms with Gasteiger partial charge < -0.3 is 15.4 Å². The van der Waals surface area contributed by atoms with E-state index >= 15 is 0 Å². The molecule has 2 aromatic rings. The number of urea groups is 1. The minimum Gasteiger partial charge on any atom is -0.376 e. The van der Waals surface area contributed by atoms with E-state index in [0.29, 0.717) is 12.4 Å². The van der Waals surface area contributed by atoms with Gasteiger partial charge in [0.25, 0.3) is 0 Å². The Hall–Kier alpha value is -2.41. The Kier molecular flexibility index (Phi) is 4.87. The smallest absolute Gasteiger partial charge is 0.315 e. The van der Waals surface area contributed by atoms with Crippen molar-refractivity contribution in [1.82, 2.24) is 25.4 Å². The van der Waals surface area contributed by atoms with Crippen molar-refractivity contribution in [3.63, 3.8) is 0 Å². The molecule has 0 bridgehead atoms. The van der Waals surface area contributed by atoms with Crippen molar-refractivity contribution < 1.29 is 9.53 Å². The largest absolute Gasteiger partial charge is 0.376 e. The highest BCUT2D eigenvalue weighted by Crippen LogP contribution is 2.15. The van der Waals surface area contributed by atoms with Crippen LogP contribution in [0.4, 0.5) is 4.79 Å². The molecular weight excluding hydrogens is 294 g/mol. The number of carbonyl (C=O) groups is 1. The summed E-state index contributed by atoms with van der Waals surface area (Å²) in [5, 5.41) is 13.7. The SMILES string of the molecule is C[C@H](NC(=O)NCc1nncn1-c1ccccc1)[C@@H]1CCCO1. The van der Waals surface area contributed by atoms with Crippen molar-refractivity contribution in [3.8, 4) is 5.69 Å². The molecule has 0 spiro atoms. The third kappa shape index (κ3) is 3.87. The van der Waals surface area contributed by atoms with E-state index in [1.165, 1.54) is 0 Å². The molecule has 1 saturated heterocycles.